The largest absolute Gasteiger partial charge is 0.378 e. The summed E-state index contributed by atoms with van der Waals surface area (Å²) in [5.74, 6) is 0. The highest BCUT2D eigenvalue weighted by Crippen LogP contribution is 2.13. The van der Waals surface area contributed by atoms with Crippen LogP contribution in [0.4, 0.5) is 5.69 Å². The molecule has 2 nitrogen and oxygen atoms in total. The van der Waals surface area contributed by atoms with Gasteiger partial charge in [0.15, 0.2) is 0 Å². The average Bonchev–Trinajstić information content (AvgIpc) is 2.25. The first-order valence-electron chi connectivity index (χ1n) is 5.49. The molecule has 0 radical (unpaired) electrons. The molecule has 0 fully saturated rings. The van der Waals surface area contributed by atoms with Crippen molar-refractivity contribution in [3.05, 3.63) is 29.8 Å². The Kier molecular flexibility index (Phi) is 4.88. The van der Waals surface area contributed by atoms with E-state index in [9.17, 15) is 0 Å². The Morgan fingerprint density at radius 3 is 2.33 bits per heavy atom. The fraction of sp³-hybridized carbons (Fsp3) is 0.462. The van der Waals surface area contributed by atoms with Gasteiger partial charge in [-0.15, -0.1) is 0 Å². The summed E-state index contributed by atoms with van der Waals surface area (Å²) in [6.07, 6.45) is 5.84. The van der Waals surface area contributed by atoms with Gasteiger partial charge in [-0.25, -0.2) is 0 Å². The van der Waals surface area contributed by atoms with Crippen molar-refractivity contribution in [2.45, 2.75) is 25.7 Å². The van der Waals surface area contributed by atoms with Gasteiger partial charge in [0.05, 0.1) is 0 Å². The van der Waals surface area contributed by atoms with E-state index in [2.05, 4.69) is 43.3 Å². The highest BCUT2D eigenvalue weighted by Gasteiger charge is 1.96. The Labute approximate surface area is 92.4 Å². The van der Waals surface area contributed by atoms with Crippen molar-refractivity contribution in [2.24, 2.45) is 0 Å². The zero-order valence-electron chi connectivity index (χ0n) is 9.66. The van der Waals surface area contributed by atoms with Crippen molar-refractivity contribution in [1.82, 2.24) is 0 Å². The van der Waals surface area contributed by atoms with Crippen LogP contribution in [-0.4, -0.2) is 20.3 Å². The lowest BCUT2D eigenvalue weighted by atomic mass is 10.1. The first kappa shape index (κ1) is 11.8. The molecule has 0 atom stereocenters. The third-order valence-electron chi connectivity index (χ3n) is 2.52. The van der Waals surface area contributed by atoms with Crippen LogP contribution in [0, 0.1) is 5.41 Å². The fourth-order valence-corrected chi connectivity index (χ4v) is 1.54. The summed E-state index contributed by atoms with van der Waals surface area (Å²) in [4.78, 5) is 2.11. The van der Waals surface area contributed by atoms with Crippen LogP contribution in [0.3, 0.4) is 0 Å². The number of rotatable bonds is 6. The van der Waals surface area contributed by atoms with Gasteiger partial charge in [-0.2, -0.15) is 0 Å². The van der Waals surface area contributed by atoms with Crippen LogP contribution in [0.25, 0.3) is 0 Å². The minimum atomic E-state index is 0.912. The molecule has 0 aliphatic carbocycles. The fourth-order valence-electron chi connectivity index (χ4n) is 1.54. The van der Waals surface area contributed by atoms with Crippen LogP contribution in [0.2, 0.25) is 0 Å². The summed E-state index contributed by atoms with van der Waals surface area (Å²) in [5, 5.41) is 6.93. The molecule has 1 aromatic carbocycles. The van der Waals surface area contributed by atoms with E-state index in [4.69, 9.17) is 5.41 Å². The second-order valence-electron chi connectivity index (χ2n) is 4.01. The van der Waals surface area contributed by atoms with Gasteiger partial charge in [0.1, 0.15) is 0 Å². The van der Waals surface area contributed by atoms with Crippen molar-refractivity contribution >= 4 is 11.9 Å². The van der Waals surface area contributed by atoms with E-state index >= 15 is 0 Å². The quantitative estimate of drug-likeness (QED) is 0.559. The Balaban J connectivity index is 2.39. The molecule has 0 heterocycles. The maximum absolute atomic E-state index is 6.93. The predicted octanol–water partition coefficient (Wildman–Crippen LogP) is 3.11. The summed E-state index contributed by atoms with van der Waals surface area (Å²) < 4.78 is 0. The zero-order chi connectivity index (χ0) is 11.1. The van der Waals surface area contributed by atoms with Gasteiger partial charge < -0.3 is 10.3 Å². The second kappa shape index (κ2) is 6.23. The average molecular weight is 204 g/mol. The molecule has 1 aromatic rings. The summed E-state index contributed by atoms with van der Waals surface area (Å²) >= 11 is 0. The topological polar surface area (TPSA) is 27.1 Å². The Bertz CT molecular complexity index is 288. The molecule has 0 saturated carbocycles. The van der Waals surface area contributed by atoms with E-state index < -0.39 is 0 Å². The zero-order valence-corrected chi connectivity index (χ0v) is 9.66. The van der Waals surface area contributed by atoms with E-state index in [1.165, 1.54) is 23.9 Å². The summed E-state index contributed by atoms with van der Waals surface area (Å²) in [7, 11) is 4.11. The van der Waals surface area contributed by atoms with Gasteiger partial charge in [0, 0.05) is 19.8 Å². The maximum Gasteiger partial charge on any atom is 0.0361 e. The summed E-state index contributed by atoms with van der Waals surface area (Å²) in [5.41, 5.74) is 2.64. The Morgan fingerprint density at radius 2 is 1.80 bits per heavy atom. The Hall–Kier alpha value is -1.31. The first-order chi connectivity index (χ1) is 7.24. The lowest BCUT2D eigenvalue weighted by Gasteiger charge is -2.12. The second-order valence-corrected chi connectivity index (χ2v) is 4.01. The molecule has 1 N–H and O–H groups in total. The molecule has 0 aliphatic rings. The van der Waals surface area contributed by atoms with Crippen molar-refractivity contribution in [3.63, 3.8) is 0 Å². The molecule has 1 rings (SSSR count). The minimum Gasteiger partial charge on any atom is -0.378 e. The molecule has 0 unspecified atom stereocenters. The molecule has 2 heteroatoms. The molecule has 0 bridgehead atoms. The van der Waals surface area contributed by atoms with Gasteiger partial charge in [-0.3, -0.25) is 0 Å². The lowest BCUT2D eigenvalue weighted by Crippen LogP contribution is -2.08. The molecule has 0 aromatic heterocycles. The molecular weight excluding hydrogens is 184 g/mol. The van der Waals surface area contributed by atoms with Crippen molar-refractivity contribution in [1.29, 1.82) is 5.41 Å². The van der Waals surface area contributed by atoms with Gasteiger partial charge in [0.2, 0.25) is 0 Å². The number of hydrogen-bond donors (Lipinski definition) is 1. The highest BCUT2D eigenvalue weighted by molar-refractivity contribution is 5.52. The van der Waals surface area contributed by atoms with Crippen molar-refractivity contribution < 1.29 is 0 Å². The number of aryl methyl sites for hydroxylation is 1. The van der Waals surface area contributed by atoms with E-state index in [0.717, 1.165) is 19.3 Å². The van der Waals surface area contributed by atoms with Crippen LogP contribution in [0.15, 0.2) is 24.3 Å². The standard InChI is InChI=1S/C13H20N2/c1-15(2)13-9-7-12(8-10-13)6-4-3-5-11-14/h7-11,14H,3-6H2,1-2H3. The third-order valence-corrected chi connectivity index (χ3v) is 2.52. The van der Waals surface area contributed by atoms with Crippen molar-refractivity contribution in [3.8, 4) is 0 Å². The smallest absolute Gasteiger partial charge is 0.0361 e. The van der Waals surface area contributed by atoms with Crippen LogP contribution in [-0.2, 0) is 6.42 Å². The van der Waals surface area contributed by atoms with Gasteiger partial charge >= 0.3 is 0 Å². The predicted molar refractivity (Wildman–Crippen MR) is 67.1 cm³/mol. The first-order valence-corrected chi connectivity index (χ1v) is 5.49. The third kappa shape index (κ3) is 4.15. The summed E-state index contributed by atoms with van der Waals surface area (Å²) in [6.45, 7) is 0. The Morgan fingerprint density at radius 1 is 1.13 bits per heavy atom. The minimum absolute atomic E-state index is 0.912. The molecular formula is C13H20N2. The molecule has 0 spiro atoms. The maximum atomic E-state index is 6.93. The molecule has 0 amide bonds. The summed E-state index contributed by atoms with van der Waals surface area (Å²) in [6, 6.07) is 8.71. The number of anilines is 1. The molecule has 0 aliphatic heterocycles. The SMILES string of the molecule is CN(C)c1ccc(CCCCC=N)cc1. The van der Waals surface area contributed by atoms with Crippen LogP contribution >= 0.6 is 0 Å². The number of benzene rings is 1. The highest BCUT2D eigenvalue weighted by atomic mass is 15.1. The van der Waals surface area contributed by atoms with Crippen LogP contribution in [0.1, 0.15) is 24.8 Å². The van der Waals surface area contributed by atoms with Crippen LogP contribution < -0.4 is 4.90 Å². The van der Waals surface area contributed by atoms with E-state index in [1.54, 1.807) is 0 Å². The molecule has 0 saturated heterocycles. The lowest BCUT2D eigenvalue weighted by molar-refractivity contribution is 0.765. The van der Waals surface area contributed by atoms with Gasteiger partial charge in [-0.05, 0) is 49.6 Å². The monoisotopic (exact) mass is 204 g/mol. The number of unbranched alkanes of at least 4 members (excludes halogenated alkanes) is 2. The molecule has 15 heavy (non-hydrogen) atoms. The number of nitrogens with one attached hydrogen (secondary N) is 1. The van der Waals surface area contributed by atoms with Crippen molar-refractivity contribution in [2.75, 3.05) is 19.0 Å². The number of hydrogen-bond acceptors (Lipinski definition) is 2. The molecule has 82 valence electrons. The van der Waals surface area contributed by atoms with Gasteiger partial charge in [-0.1, -0.05) is 12.1 Å². The number of nitrogens with zero attached hydrogens (tertiary/aromatic N) is 1. The van der Waals surface area contributed by atoms with Gasteiger partial charge in [0.25, 0.3) is 0 Å². The van der Waals surface area contributed by atoms with E-state index in [-0.39, 0.29) is 0 Å². The van der Waals surface area contributed by atoms with E-state index in [0.29, 0.717) is 0 Å². The van der Waals surface area contributed by atoms with Crippen LogP contribution in [0.5, 0.6) is 0 Å². The normalized spacial score (nSPS) is 10.0. The van der Waals surface area contributed by atoms with E-state index in [1.807, 2.05) is 0 Å².